The van der Waals surface area contributed by atoms with Crippen molar-refractivity contribution >= 4 is 25.8 Å². The maximum absolute atomic E-state index is 12.1. The van der Waals surface area contributed by atoms with Crippen LogP contribution in [-0.4, -0.2) is 20.8 Å². The lowest BCUT2D eigenvalue weighted by molar-refractivity contribution is 0.0867. The van der Waals surface area contributed by atoms with Crippen LogP contribution in [0.4, 0.5) is 0 Å². The van der Waals surface area contributed by atoms with E-state index in [9.17, 15) is 8.42 Å². The molecule has 94 valence electrons. The standard InChI is InChI=1S/C11H14BrNO3S/c1-16-13-7-8-2-5-11(10(12)6-8)17(14,15)9-3-4-9/h2,5-6,9,13H,3-4,7H2,1H3. The van der Waals surface area contributed by atoms with Crippen molar-refractivity contribution in [3.63, 3.8) is 0 Å². The summed E-state index contributed by atoms with van der Waals surface area (Å²) >= 11 is 3.32. The largest absolute Gasteiger partial charge is 0.305 e. The van der Waals surface area contributed by atoms with Crippen molar-refractivity contribution in [3.8, 4) is 0 Å². The minimum absolute atomic E-state index is 0.179. The van der Waals surface area contributed by atoms with Gasteiger partial charge in [-0.05, 0) is 46.5 Å². The normalized spacial score (nSPS) is 16.1. The van der Waals surface area contributed by atoms with Gasteiger partial charge in [0.2, 0.25) is 0 Å². The van der Waals surface area contributed by atoms with E-state index < -0.39 is 9.84 Å². The Labute approximate surface area is 109 Å². The van der Waals surface area contributed by atoms with E-state index in [-0.39, 0.29) is 5.25 Å². The first-order valence-corrected chi connectivity index (χ1v) is 7.68. The summed E-state index contributed by atoms with van der Waals surface area (Å²) in [7, 11) is -1.59. The van der Waals surface area contributed by atoms with E-state index in [0.29, 0.717) is 15.9 Å². The number of benzene rings is 1. The third kappa shape index (κ3) is 2.88. The van der Waals surface area contributed by atoms with Crippen molar-refractivity contribution < 1.29 is 13.3 Å². The van der Waals surface area contributed by atoms with Crippen molar-refractivity contribution in [2.75, 3.05) is 7.11 Å². The monoisotopic (exact) mass is 319 g/mol. The highest BCUT2D eigenvalue weighted by atomic mass is 79.9. The lowest BCUT2D eigenvalue weighted by Crippen LogP contribution is -2.12. The van der Waals surface area contributed by atoms with Gasteiger partial charge >= 0.3 is 0 Å². The van der Waals surface area contributed by atoms with Crippen molar-refractivity contribution in [1.29, 1.82) is 0 Å². The lowest BCUT2D eigenvalue weighted by Gasteiger charge is -2.08. The average molecular weight is 320 g/mol. The predicted molar refractivity (Wildman–Crippen MR) is 68.2 cm³/mol. The van der Waals surface area contributed by atoms with Gasteiger partial charge in [0.05, 0.1) is 17.3 Å². The van der Waals surface area contributed by atoms with Crippen LogP contribution in [0, 0.1) is 0 Å². The molecule has 2 rings (SSSR count). The number of hydroxylamine groups is 1. The lowest BCUT2D eigenvalue weighted by atomic mass is 10.2. The van der Waals surface area contributed by atoms with Gasteiger partial charge in [0.25, 0.3) is 0 Å². The van der Waals surface area contributed by atoms with Crippen LogP contribution >= 0.6 is 15.9 Å². The fourth-order valence-corrected chi connectivity index (χ4v) is 4.41. The van der Waals surface area contributed by atoms with Crippen LogP contribution in [0.25, 0.3) is 0 Å². The fourth-order valence-electron chi connectivity index (χ4n) is 1.60. The molecular weight excluding hydrogens is 306 g/mol. The Hall–Kier alpha value is -0.430. The third-order valence-corrected chi connectivity index (χ3v) is 5.92. The highest BCUT2D eigenvalue weighted by molar-refractivity contribution is 9.10. The molecule has 0 saturated heterocycles. The van der Waals surface area contributed by atoms with Crippen molar-refractivity contribution in [1.82, 2.24) is 5.48 Å². The molecule has 0 heterocycles. The number of halogens is 1. The van der Waals surface area contributed by atoms with Crippen LogP contribution in [0.2, 0.25) is 0 Å². The summed E-state index contributed by atoms with van der Waals surface area (Å²) in [5.41, 5.74) is 3.68. The third-order valence-electron chi connectivity index (χ3n) is 2.69. The van der Waals surface area contributed by atoms with E-state index in [4.69, 9.17) is 4.84 Å². The number of hydrogen-bond acceptors (Lipinski definition) is 4. The Morgan fingerprint density at radius 3 is 2.71 bits per heavy atom. The van der Waals surface area contributed by atoms with Gasteiger partial charge in [-0.25, -0.2) is 8.42 Å². The number of sulfone groups is 1. The van der Waals surface area contributed by atoms with Crippen molar-refractivity contribution in [2.45, 2.75) is 29.5 Å². The molecule has 1 aromatic carbocycles. The second kappa shape index (κ2) is 5.06. The smallest absolute Gasteiger partial charge is 0.182 e. The second-order valence-electron chi connectivity index (χ2n) is 4.03. The zero-order valence-corrected chi connectivity index (χ0v) is 11.8. The van der Waals surface area contributed by atoms with Gasteiger partial charge in [0.1, 0.15) is 0 Å². The van der Waals surface area contributed by atoms with Gasteiger partial charge in [0.15, 0.2) is 9.84 Å². The number of nitrogens with one attached hydrogen (secondary N) is 1. The van der Waals surface area contributed by atoms with Crippen LogP contribution in [0.15, 0.2) is 27.6 Å². The van der Waals surface area contributed by atoms with E-state index in [0.717, 1.165) is 18.4 Å². The second-order valence-corrected chi connectivity index (χ2v) is 7.09. The number of rotatable bonds is 5. The first-order chi connectivity index (χ1) is 8.05. The molecule has 17 heavy (non-hydrogen) atoms. The maximum atomic E-state index is 12.1. The molecule has 0 unspecified atom stereocenters. The van der Waals surface area contributed by atoms with Gasteiger partial charge in [-0.2, -0.15) is 5.48 Å². The first-order valence-electron chi connectivity index (χ1n) is 5.34. The SMILES string of the molecule is CONCc1ccc(S(=O)(=O)C2CC2)c(Br)c1. The van der Waals surface area contributed by atoms with E-state index in [1.165, 1.54) is 0 Å². The predicted octanol–water partition coefficient (Wildman–Crippen LogP) is 2.04. The van der Waals surface area contributed by atoms with Gasteiger partial charge in [-0.3, -0.25) is 0 Å². The topological polar surface area (TPSA) is 55.4 Å². The Bertz CT molecular complexity index is 511. The van der Waals surface area contributed by atoms with E-state index in [1.807, 2.05) is 0 Å². The quantitative estimate of drug-likeness (QED) is 0.844. The molecular formula is C11H14BrNO3S. The summed E-state index contributed by atoms with van der Waals surface area (Å²) in [6.45, 7) is 0.541. The molecule has 1 saturated carbocycles. The van der Waals surface area contributed by atoms with Gasteiger partial charge in [-0.1, -0.05) is 6.07 Å². The zero-order valence-electron chi connectivity index (χ0n) is 9.44. The minimum Gasteiger partial charge on any atom is -0.305 e. The highest BCUT2D eigenvalue weighted by Crippen LogP contribution is 2.36. The van der Waals surface area contributed by atoms with Crippen molar-refractivity contribution in [2.24, 2.45) is 0 Å². The molecule has 1 N–H and O–H groups in total. The van der Waals surface area contributed by atoms with Gasteiger partial charge in [-0.15, -0.1) is 0 Å². The Morgan fingerprint density at radius 2 is 2.18 bits per heavy atom. The molecule has 0 spiro atoms. The van der Waals surface area contributed by atoms with E-state index in [1.54, 1.807) is 25.3 Å². The van der Waals surface area contributed by atoms with Gasteiger partial charge in [0, 0.05) is 11.0 Å². The fraction of sp³-hybridized carbons (Fsp3) is 0.455. The maximum Gasteiger partial charge on any atom is 0.182 e. The zero-order chi connectivity index (χ0) is 12.5. The molecule has 0 atom stereocenters. The molecule has 0 radical (unpaired) electrons. The van der Waals surface area contributed by atoms with Crippen molar-refractivity contribution in [3.05, 3.63) is 28.2 Å². The molecule has 1 aromatic rings. The summed E-state index contributed by atoms with van der Waals surface area (Å²) in [6, 6.07) is 5.26. The highest BCUT2D eigenvalue weighted by Gasteiger charge is 2.37. The molecule has 6 heteroatoms. The molecule has 1 aliphatic carbocycles. The molecule has 0 bridgehead atoms. The average Bonchev–Trinajstić information content (AvgIpc) is 3.10. The summed E-state index contributed by atoms with van der Waals surface area (Å²) < 4.78 is 24.8. The summed E-state index contributed by atoms with van der Waals surface area (Å²) in [5, 5.41) is -0.179. The summed E-state index contributed by atoms with van der Waals surface area (Å²) in [5.74, 6) is 0. The number of hydrogen-bond donors (Lipinski definition) is 1. The Balaban J connectivity index is 2.25. The molecule has 0 aromatic heterocycles. The Kier molecular flexibility index (Phi) is 3.87. The minimum atomic E-state index is -3.13. The summed E-state index contributed by atoms with van der Waals surface area (Å²) in [6.07, 6.45) is 1.56. The molecule has 1 aliphatic rings. The van der Waals surface area contributed by atoms with Crippen LogP contribution in [0.5, 0.6) is 0 Å². The van der Waals surface area contributed by atoms with E-state index >= 15 is 0 Å². The van der Waals surface area contributed by atoms with Crippen LogP contribution in [0.1, 0.15) is 18.4 Å². The molecule has 1 fully saturated rings. The van der Waals surface area contributed by atoms with Crippen LogP contribution in [-0.2, 0) is 21.2 Å². The van der Waals surface area contributed by atoms with Gasteiger partial charge < -0.3 is 4.84 Å². The summed E-state index contributed by atoms with van der Waals surface area (Å²) in [4.78, 5) is 5.14. The van der Waals surface area contributed by atoms with Crippen LogP contribution < -0.4 is 5.48 Å². The molecule has 0 aliphatic heterocycles. The molecule has 4 nitrogen and oxygen atoms in total. The molecule has 0 amide bonds. The van der Waals surface area contributed by atoms with E-state index in [2.05, 4.69) is 21.4 Å². The Morgan fingerprint density at radius 1 is 1.47 bits per heavy atom. The van der Waals surface area contributed by atoms with Crippen LogP contribution in [0.3, 0.4) is 0 Å². The first kappa shape index (κ1) is 13.0.